The zero-order chi connectivity index (χ0) is 19.0. The first-order valence-corrected chi connectivity index (χ1v) is 10.2. The summed E-state index contributed by atoms with van der Waals surface area (Å²) < 4.78 is 29.5. The van der Waals surface area contributed by atoms with Crippen LogP contribution in [0.2, 0.25) is 0 Å². The number of aryl methyl sites for hydroxylation is 1. The second-order valence-corrected chi connectivity index (χ2v) is 8.44. The Kier molecular flexibility index (Phi) is 5.11. The Morgan fingerprint density at radius 2 is 1.67 bits per heavy atom. The molecule has 27 heavy (non-hydrogen) atoms. The van der Waals surface area contributed by atoms with Gasteiger partial charge in [0.1, 0.15) is 0 Å². The topological polar surface area (TPSA) is 20.2 Å². The van der Waals surface area contributed by atoms with Gasteiger partial charge >= 0.3 is 0 Å². The smallest absolute Gasteiger partial charge is 0.168 e. The van der Waals surface area contributed by atoms with Crippen molar-refractivity contribution in [3.63, 3.8) is 0 Å². The lowest BCUT2D eigenvalue weighted by Gasteiger charge is -2.08. The Morgan fingerprint density at radius 1 is 0.963 bits per heavy atom. The second-order valence-electron chi connectivity index (χ2n) is 7.32. The molecule has 1 aromatic heterocycles. The molecule has 0 amide bonds. The molecule has 140 valence electrons. The Labute approximate surface area is 162 Å². The minimum absolute atomic E-state index is 0.233. The van der Waals surface area contributed by atoms with Crippen LogP contribution in [-0.2, 0) is 0 Å². The molecule has 0 bridgehead atoms. The van der Waals surface area contributed by atoms with Crippen molar-refractivity contribution in [1.82, 2.24) is 0 Å². The maximum Gasteiger partial charge on any atom is 0.168 e. The number of hydrogen-bond donors (Lipinski definition) is 1. The molecule has 4 rings (SSSR count). The normalized spacial score (nSPS) is 18.7. The molecule has 0 radical (unpaired) electrons. The van der Waals surface area contributed by atoms with E-state index >= 15 is 0 Å². The Morgan fingerprint density at radius 3 is 2.41 bits per heavy atom. The van der Waals surface area contributed by atoms with Gasteiger partial charge in [0.25, 0.3) is 0 Å². The fourth-order valence-electron chi connectivity index (χ4n) is 3.66. The number of benzene rings is 2. The molecule has 1 nitrogen and oxygen atoms in total. The summed E-state index contributed by atoms with van der Waals surface area (Å²) >= 11 is 1.55. The van der Waals surface area contributed by atoms with E-state index in [-0.39, 0.29) is 6.61 Å². The Hall–Kier alpha value is -2.04. The average Bonchev–Trinajstić information content (AvgIpc) is 3.29. The molecule has 1 aliphatic rings. The van der Waals surface area contributed by atoms with Gasteiger partial charge in [-0.1, -0.05) is 35.9 Å². The zero-order valence-corrected chi connectivity index (χ0v) is 16.0. The predicted octanol–water partition coefficient (Wildman–Crippen LogP) is 6.54. The first-order chi connectivity index (χ1) is 13.1. The summed E-state index contributed by atoms with van der Waals surface area (Å²) in [6.07, 6.45) is 2.99. The lowest BCUT2D eigenvalue weighted by molar-refractivity contribution is 0.281. The third-order valence-electron chi connectivity index (χ3n) is 5.36. The maximum absolute atomic E-state index is 14.8. The van der Waals surface area contributed by atoms with Gasteiger partial charge in [0, 0.05) is 27.5 Å². The van der Waals surface area contributed by atoms with Crippen LogP contribution in [-0.4, -0.2) is 11.7 Å². The largest absolute Gasteiger partial charge is 0.396 e. The average molecular weight is 384 g/mol. The van der Waals surface area contributed by atoms with Crippen LogP contribution in [0.5, 0.6) is 0 Å². The number of aliphatic hydroxyl groups excluding tert-OH is 1. The van der Waals surface area contributed by atoms with Gasteiger partial charge in [-0.05, 0) is 61.8 Å². The number of thiophene rings is 1. The summed E-state index contributed by atoms with van der Waals surface area (Å²) in [5, 5.41) is 8.95. The highest BCUT2D eigenvalue weighted by Crippen LogP contribution is 2.53. The van der Waals surface area contributed by atoms with E-state index in [9.17, 15) is 8.78 Å². The second kappa shape index (κ2) is 7.53. The Bertz CT molecular complexity index is 946. The highest BCUT2D eigenvalue weighted by atomic mass is 32.1. The minimum Gasteiger partial charge on any atom is -0.396 e. The van der Waals surface area contributed by atoms with E-state index in [0.717, 1.165) is 29.7 Å². The fraction of sp³-hybridized carbons (Fsp3) is 0.304. The quantitative estimate of drug-likeness (QED) is 0.511. The van der Waals surface area contributed by atoms with E-state index in [0.29, 0.717) is 28.5 Å². The molecule has 3 aromatic rings. The van der Waals surface area contributed by atoms with Crippen molar-refractivity contribution in [3.05, 3.63) is 70.6 Å². The maximum atomic E-state index is 14.8. The van der Waals surface area contributed by atoms with E-state index in [1.54, 1.807) is 23.5 Å². The van der Waals surface area contributed by atoms with Gasteiger partial charge < -0.3 is 5.11 Å². The summed E-state index contributed by atoms with van der Waals surface area (Å²) in [6.45, 7) is 2.20. The van der Waals surface area contributed by atoms with Crippen LogP contribution >= 0.6 is 11.3 Å². The number of halogens is 2. The van der Waals surface area contributed by atoms with Crippen LogP contribution in [0.1, 0.15) is 35.6 Å². The molecule has 0 aliphatic heterocycles. The summed E-state index contributed by atoms with van der Waals surface area (Å²) in [5.41, 5.74) is 2.38. The first kappa shape index (κ1) is 18.3. The zero-order valence-electron chi connectivity index (χ0n) is 15.2. The van der Waals surface area contributed by atoms with Crippen LogP contribution in [0.25, 0.3) is 21.6 Å². The molecule has 1 N–H and O–H groups in total. The van der Waals surface area contributed by atoms with Crippen LogP contribution in [0, 0.1) is 24.5 Å². The number of hydrogen-bond acceptors (Lipinski definition) is 2. The Balaban J connectivity index is 1.58. The molecular weight excluding hydrogens is 362 g/mol. The van der Waals surface area contributed by atoms with Crippen molar-refractivity contribution in [1.29, 1.82) is 0 Å². The summed E-state index contributed by atoms with van der Waals surface area (Å²) in [6, 6.07) is 14.7. The number of rotatable bonds is 6. The van der Waals surface area contributed by atoms with Gasteiger partial charge in [-0.25, -0.2) is 8.78 Å². The summed E-state index contributed by atoms with van der Waals surface area (Å²) in [7, 11) is 0. The molecule has 2 atom stereocenters. The monoisotopic (exact) mass is 384 g/mol. The van der Waals surface area contributed by atoms with Gasteiger partial charge in [0.05, 0.1) is 0 Å². The van der Waals surface area contributed by atoms with E-state index in [2.05, 4.69) is 0 Å². The van der Waals surface area contributed by atoms with Gasteiger partial charge in [0.15, 0.2) is 11.6 Å². The first-order valence-electron chi connectivity index (χ1n) is 9.34. The number of aliphatic hydroxyl groups is 1. The summed E-state index contributed by atoms with van der Waals surface area (Å²) in [5.74, 6) is -0.447. The van der Waals surface area contributed by atoms with Crippen LogP contribution in [0.3, 0.4) is 0 Å². The van der Waals surface area contributed by atoms with Crippen molar-refractivity contribution in [3.8, 4) is 21.6 Å². The molecule has 1 saturated carbocycles. The van der Waals surface area contributed by atoms with Gasteiger partial charge in [-0.15, -0.1) is 11.3 Å². The van der Waals surface area contributed by atoms with E-state index < -0.39 is 11.6 Å². The van der Waals surface area contributed by atoms with E-state index in [1.165, 1.54) is 4.88 Å². The van der Waals surface area contributed by atoms with Crippen LogP contribution in [0.15, 0.2) is 48.5 Å². The van der Waals surface area contributed by atoms with Gasteiger partial charge in [0.2, 0.25) is 0 Å². The molecule has 1 heterocycles. The fourth-order valence-corrected chi connectivity index (χ4v) is 4.90. The third-order valence-corrected chi connectivity index (χ3v) is 6.61. The van der Waals surface area contributed by atoms with Crippen molar-refractivity contribution < 1.29 is 13.9 Å². The van der Waals surface area contributed by atoms with E-state index in [4.69, 9.17) is 5.11 Å². The van der Waals surface area contributed by atoms with Crippen LogP contribution < -0.4 is 0 Å². The third kappa shape index (κ3) is 3.69. The highest BCUT2D eigenvalue weighted by Gasteiger charge is 2.38. The lowest BCUT2D eigenvalue weighted by atomic mass is 10.0. The molecule has 4 heteroatoms. The minimum atomic E-state index is -0.793. The standard InChI is InChI=1S/C23H22F2OS/c1-14-4-6-15(7-5-14)17-8-9-18(23(25)22(17)24)20-10-11-21(27-20)19-13-16(19)3-2-12-26/h4-11,16,19,26H,2-3,12-13H2,1H3. The van der Waals surface area contributed by atoms with Crippen molar-refractivity contribution in [2.45, 2.75) is 32.1 Å². The lowest BCUT2D eigenvalue weighted by Crippen LogP contribution is -1.93. The van der Waals surface area contributed by atoms with Crippen molar-refractivity contribution in [2.75, 3.05) is 6.61 Å². The SMILES string of the molecule is Cc1ccc(-c2ccc(-c3ccc(C4CC4CCCO)s3)c(F)c2F)cc1. The van der Waals surface area contributed by atoms with Crippen LogP contribution in [0.4, 0.5) is 8.78 Å². The molecule has 2 aromatic carbocycles. The summed E-state index contributed by atoms with van der Waals surface area (Å²) in [4.78, 5) is 2.00. The molecule has 2 unspecified atom stereocenters. The van der Waals surface area contributed by atoms with E-state index in [1.807, 2.05) is 43.3 Å². The molecular formula is C23H22F2OS. The van der Waals surface area contributed by atoms with Gasteiger partial charge in [-0.2, -0.15) is 0 Å². The molecule has 0 spiro atoms. The molecule has 0 saturated heterocycles. The van der Waals surface area contributed by atoms with Crippen molar-refractivity contribution >= 4 is 11.3 Å². The molecule has 1 fully saturated rings. The van der Waals surface area contributed by atoms with Gasteiger partial charge in [-0.3, -0.25) is 0 Å². The molecule has 1 aliphatic carbocycles. The highest BCUT2D eigenvalue weighted by molar-refractivity contribution is 7.15. The predicted molar refractivity (Wildman–Crippen MR) is 107 cm³/mol. The van der Waals surface area contributed by atoms with Crippen molar-refractivity contribution in [2.24, 2.45) is 5.92 Å².